The van der Waals surface area contributed by atoms with Crippen molar-refractivity contribution in [2.24, 2.45) is 0 Å². The van der Waals surface area contributed by atoms with E-state index in [9.17, 15) is 4.79 Å². The normalized spacial score (nSPS) is 17.7. The second-order valence-corrected chi connectivity index (χ2v) is 7.79. The van der Waals surface area contributed by atoms with Crippen LogP contribution in [0.1, 0.15) is 37.7 Å². The number of aromatic amines is 2. The minimum absolute atomic E-state index is 0.204. The van der Waals surface area contributed by atoms with E-state index in [4.69, 9.17) is 4.98 Å². The number of anilines is 1. The SMILES string of the molecule is O=C(Nc1c[nH]nc1-c1nc2cc(CN3CCCCC3)ccc2[nH]1)NC1CC1. The zero-order valence-corrected chi connectivity index (χ0v) is 15.8. The van der Waals surface area contributed by atoms with Crippen LogP contribution in [0.25, 0.3) is 22.6 Å². The summed E-state index contributed by atoms with van der Waals surface area (Å²) in [5.41, 5.74) is 4.39. The number of hydrogen-bond acceptors (Lipinski definition) is 4. The molecule has 2 aliphatic rings. The van der Waals surface area contributed by atoms with Gasteiger partial charge >= 0.3 is 6.03 Å². The number of hydrogen-bond donors (Lipinski definition) is 4. The van der Waals surface area contributed by atoms with Crippen molar-refractivity contribution < 1.29 is 4.79 Å². The predicted molar refractivity (Wildman–Crippen MR) is 108 cm³/mol. The Balaban J connectivity index is 1.35. The van der Waals surface area contributed by atoms with Gasteiger partial charge in [-0.2, -0.15) is 5.10 Å². The second kappa shape index (κ2) is 7.27. The monoisotopic (exact) mass is 379 g/mol. The highest BCUT2D eigenvalue weighted by molar-refractivity contribution is 5.93. The van der Waals surface area contributed by atoms with Crippen molar-refractivity contribution in [2.75, 3.05) is 18.4 Å². The van der Waals surface area contributed by atoms with Gasteiger partial charge < -0.3 is 15.6 Å². The summed E-state index contributed by atoms with van der Waals surface area (Å²) in [7, 11) is 0. The van der Waals surface area contributed by atoms with Gasteiger partial charge in [-0.05, 0) is 56.5 Å². The van der Waals surface area contributed by atoms with Crippen LogP contribution >= 0.6 is 0 Å². The minimum atomic E-state index is -0.204. The molecule has 0 spiro atoms. The second-order valence-electron chi connectivity index (χ2n) is 7.79. The number of rotatable bonds is 5. The Morgan fingerprint density at radius 1 is 1.21 bits per heavy atom. The van der Waals surface area contributed by atoms with Crippen LogP contribution in [0, 0.1) is 0 Å². The standard InChI is InChI=1S/C20H25N7O/c28-20(22-14-5-6-14)25-17-11-21-26-18(17)19-23-15-7-4-13(10-16(15)24-19)12-27-8-2-1-3-9-27/h4,7,10-11,14H,1-3,5-6,8-9,12H2,(H,21,26)(H,23,24)(H2,22,25,28). The lowest BCUT2D eigenvalue weighted by Gasteiger charge is -2.26. The molecule has 1 saturated carbocycles. The van der Waals surface area contributed by atoms with Gasteiger partial charge in [-0.1, -0.05) is 12.5 Å². The fourth-order valence-electron chi connectivity index (χ4n) is 3.77. The number of imidazole rings is 1. The predicted octanol–water partition coefficient (Wildman–Crippen LogP) is 3.22. The third kappa shape index (κ3) is 3.73. The molecule has 0 radical (unpaired) electrons. The van der Waals surface area contributed by atoms with E-state index in [0.717, 1.165) is 30.4 Å². The van der Waals surface area contributed by atoms with Crippen molar-refractivity contribution in [3.05, 3.63) is 30.0 Å². The summed E-state index contributed by atoms with van der Waals surface area (Å²) in [6.07, 6.45) is 7.70. The number of nitrogens with one attached hydrogen (secondary N) is 4. The number of aromatic nitrogens is 4. The number of fused-ring (bicyclic) bond motifs is 1. The third-order valence-corrected chi connectivity index (χ3v) is 5.43. The van der Waals surface area contributed by atoms with Gasteiger partial charge in [0.2, 0.25) is 0 Å². The van der Waals surface area contributed by atoms with Crippen LogP contribution in [0.2, 0.25) is 0 Å². The van der Waals surface area contributed by atoms with E-state index < -0.39 is 0 Å². The van der Waals surface area contributed by atoms with E-state index >= 15 is 0 Å². The Morgan fingerprint density at radius 3 is 2.89 bits per heavy atom. The lowest BCUT2D eigenvalue weighted by atomic mass is 10.1. The maximum absolute atomic E-state index is 12.1. The fourth-order valence-corrected chi connectivity index (χ4v) is 3.77. The molecule has 8 heteroatoms. The van der Waals surface area contributed by atoms with Gasteiger partial charge in [0.1, 0.15) is 0 Å². The average molecular weight is 379 g/mol. The first kappa shape index (κ1) is 17.2. The number of carbonyl (C=O) groups excluding carboxylic acids is 1. The minimum Gasteiger partial charge on any atom is -0.337 e. The number of carbonyl (C=O) groups is 1. The van der Waals surface area contributed by atoms with Gasteiger partial charge in [0.05, 0.1) is 16.7 Å². The molecule has 4 N–H and O–H groups in total. The summed E-state index contributed by atoms with van der Waals surface area (Å²) < 4.78 is 0. The molecule has 8 nitrogen and oxygen atoms in total. The number of benzene rings is 1. The van der Waals surface area contributed by atoms with Crippen molar-refractivity contribution in [1.82, 2.24) is 30.4 Å². The maximum atomic E-state index is 12.1. The number of H-pyrrole nitrogens is 2. The van der Waals surface area contributed by atoms with Gasteiger partial charge in [-0.15, -0.1) is 0 Å². The van der Waals surface area contributed by atoms with E-state index in [1.807, 2.05) is 0 Å². The molecule has 5 rings (SSSR count). The van der Waals surface area contributed by atoms with Crippen molar-refractivity contribution in [3.63, 3.8) is 0 Å². The molecule has 0 atom stereocenters. The Morgan fingerprint density at radius 2 is 2.07 bits per heavy atom. The van der Waals surface area contributed by atoms with Crippen LogP contribution < -0.4 is 10.6 Å². The van der Waals surface area contributed by atoms with Crippen molar-refractivity contribution >= 4 is 22.8 Å². The van der Waals surface area contributed by atoms with E-state index in [1.54, 1.807) is 6.20 Å². The van der Waals surface area contributed by atoms with E-state index in [0.29, 0.717) is 23.2 Å². The Kier molecular flexibility index (Phi) is 4.48. The quantitative estimate of drug-likeness (QED) is 0.547. The van der Waals surface area contributed by atoms with Gasteiger partial charge in [-0.3, -0.25) is 10.00 Å². The lowest BCUT2D eigenvalue weighted by molar-refractivity contribution is 0.221. The maximum Gasteiger partial charge on any atom is 0.319 e. The molecule has 1 aromatic carbocycles. The number of likely N-dealkylation sites (tertiary alicyclic amines) is 1. The molecule has 0 unspecified atom stereocenters. The van der Waals surface area contributed by atoms with Gasteiger partial charge in [0.25, 0.3) is 0 Å². The third-order valence-electron chi connectivity index (χ3n) is 5.43. The average Bonchev–Trinajstić information content (AvgIpc) is 3.22. The van der Waals surface area contributed by atoms with Crippen molar-refractivity contribution in [1.29, 1.82) is 0 Å². The van der Waals surface area contributed by atoms with Crippen LogP contribution in [0.5, 0.6) is 0 Å². The van der Waals surface area contributed by atoms with Crippen molar-refractivity contribution in [3.8, 4) is 11.5 Å². The molecule has 2 amide bonds. The number of nitrogens with zero attached hydrogens (tertiary/aromatic N) is 3. The summed E-state index contributed by atoms with van der Waals surface area (Å²) in [5, 5.41) is 12.9. The van der Waals surface area contributed by atoms with Crippen LogP contribution in [0.4, 0.5) is 10.5 Å². The fraction of sp³-hybridized carbons (Fsp3) is 0.450. The highest BCUT2D eigenvalue weighted by Crippen LogP contribution is 2.26. The van der Waals surface area contributed by atoms with Crippen LogP contribution in [0.15, 0.2) is 24.4 Å². The highest BCUT2D eigenvalue weighted by atomic mass is 16.2. The largest absolute Gasteiger partial charge is 0.337 e. The molecule has 3 aromatic rings. The molecule has 2 fully saturated rings. The zero-order valence-electron chi connectivity index (χ0n) is 15.8. The summed E-state index contributed by atoms with van der Waals surface area (Å²) >= 11 is 0. The first-order valence-electron chi connectivity index (χ1n) is 10.1. The molecular formula is C20H25N7O. The Hall–Kier alpha value is -2.87. The lowest BCUT2D eigenvalue weighted by Crippen LogP contribution is -2.30. The molecule has 1 aliphatic carbocycles. The molecule has 2 aromatic heterocycles. The molecule has 0 bridgehead atoms. The molecule has 1 aliphatic heterocycles. The number of urea groups is 1. The first-order valence-corrected chi connectivity index (χ1v) is 10.1. The van der Waals surface area contributed by atoms with Gasteiger partial charge in [-0.25, -0.2) is 9.78 Å². The summed E-state index contributed by atoms with van der Waals surface area (Å²) in [6.45, 7) is 3.32. The van der Waals surface area contributed by atoms with E-state index in [1.165, 1.54) is 37.9 Å². The zero-order chi connectivity index (χ0) is 18.9. The highest BCUT2D eigenvalue weighted by Gasteiger charge is 2.24. The van der Waals surface area contributed by atoms with Crippen LogP contribution in [-0.4, -0.2) is 50.2 Å². The van der Waals surface area contributed by atoms with Gasteiger partial charge in [0, 0.05) is 18.8 Å². The summed E-state index contributed by atoms with van der Waals surface area (Å²) in [6, 6.07) is 6.48. The smallest absolute Gasteiger partial charge is 0.319 e. The number of amides is 2. The topological polar surface area (TPSA) is 102 Å². The van der Waals surface area contributed by atoms with Crippen LogP contribution in [0.3, 0.4) is 0 Å². The van der Waals surface area contributed by atoms with Gasteiger partial charge in [0.15, 0.2) is 11.5 Å². The Bertz CT molecular complexity index is 982. The molecule has 28 heavy (non-hydrogen) atoms. The van der Waals surface area contributed by atoms with Crippen LogP contribution in [-0.2, 0) is 6.54 Å². The number of piperidine rings is 1. The Labute approximate surface area is 163 Å². The molecule has 3 heterocycles. The molecule has 1 saturated heterocycles. The van der Waals surface area contributed by atoms with E-state index in [-0.39, 0.29) is 6.03 Å². The first-order chi connectivity index (χ1) is 13.7. The molecule has 146 valence electrons. The van der Waals surface area contributed by atoms with E-state index in [2.05, 4.69) is 48.9 Å². The summed E-state index contributed by atoms with van der Waals surface area (Å²) in [5.74, 6) is 0.646. The van der Waals surface area contributed by atoms with Crippen molar-refractivity contribution in [2.45, 2.75) is 44.7 Å². The summed E-state index contributed by atoms with van der Waals surface area (Å²) in [4.78, 5) is 22.6. The molecular weight excluding hydrogens is 354 g/mol.